The van der Waals surface area contributed by atoms with Gasteiger partial charge in [0.25, 0.3) is 6.01 Å². The maximum atomic E-state index is 6.16. The summed E-state index contributed by atoms with van der Waals surface area (Å²) in [5.74, 6) is 0. The molecule has 128 valence electrons. The first-order valence-corrected chi connectivity index (χ1v) is 8.08. The van der Waals surface area contributed by atoms with Crippen LogP contribution in [-0.2, 0) is 9.31 Å². The van der Waals surface area contributed by atoms with Crippen molar-refractivity contribution in [3.63, 3.8) is 0 Å². The number of rotatable bonds is 4. The van der Waals surface area contributed by atoms with Crippen LogP contribution in [0.15, 0.2) is 28.1 Å². The Morgan fingerprint density at radius 3 is 2.54 bits per heavy atom. The number of hydrogen-bond acceptors (Lipinski definition) is 6. The highest BCUT2D eigenvalue weighted by atomic mass is 16.7. The SMILES string of the molecule is CNCC(=Cc1ccc2oc(N)nc2c1)B1OC(C)(C)C(C)(C)O1. The van der Waals surface area contributed by atoms with Crippen LogP contribution in [0.3, 0.4) is 0 Å². The highest BCUT2D eigenvalue weighted by Crippen LogP contribution is 2.38. The monoisotopic (exact) mass is 329 g/mol. The molecule has 3 N–H and O–H groups in total. The standard InChI is InChI=1S/C17H24BN3O3/c1-16(2)17(3,4)24-18(23-16)12(10-20-5)8-11-6-7-14-13(9-11)21-15(19)22-14/h6-9,20H,10H2,1-5H3,(H2,19,21). The highest BCUT2D eigenvalue weighted by Gasteiger charge is 2.52. The molecule has 0 radical (unpaired) electrons. The van der Waals surface area contributed by atoms with Crippen molar-refractivity contribution in [3.05, 3.63) is 29.2 Å². The molecule has 0 atom stereocenters. The van der Waals surface area contributed by atoms with E-state index in [0.717, 1.165) is 16.6 Å². The molecule has 3 rings (SSSR count). The number of hydrogen-bond donors (Lipinski definition) is 2. The molecule has 1 aliphatic rings. The van der Waals surface area contributed by atoms with Gasteiger partial charge in [-0.25, -0.2) is 0 Å². The molecular formula is C17H24BN3O3. The summed E-state index contributed by atoms with van der Waals surface area (Å²) in [5.41, 5.74) is 8.30. The summed E-state index contributed by atoms with van der Waals surface area (Å²) in [6.07, 6.45) is 2.06. The van der Waals surface area contributed by atoms with Crippen molar-refractivity contribution in [2.45, 2.75) is 38.9 Å². The minimum atomic E-state index is -0.388. The summed E-state index contributed by atoms with van der Waals surface area (Å²) < 4.78 is 17.6. The Morgan fingerprint density at radius 2 is 1.92 bits per heavy atom. The van der Waals surface area contributed by atoms with E-state index < -0.39 is 0 Å². The first-order valence-electron chi connectivity index (χ1n) is 8.08. The van der Waals surface area contributed by atoms with E-state index >= 15 is 0 Å². The number of aromatic nitrogens is 1. The first kappa shape index (κ1) is 17.0. The van der Waals surface area contributed by atoms with E-state index in [2.05, 4.69) is 16.4 Å². The van der Waals surface area contributed by atoms with E-state index in [-0.39, 0.29) is 24.3 Å². The van der Waals surface area contributed by atoms with Gasteiger partial charge in [-0.3, -0.25) is 0 Å². The van der Waals surface area contributed by atoms with Crippen LogP contribution in [0, 0.1) is 0 Å². The van der Waals surface area contributed by atoms with Gasteiger partial charge in [-0.05, 0) is 57.9 Å². The predicted molar refractivity (Wildman–Crippen MR) is 96.4 cm³/mol. The molecule has 0 unspecified atom stereocenters. The molecule has 0 bridgehead atoms. The molecule has 2 aromatic rings. The van der Waals surface area contributed by atoms with Crippen molar-refractivity contribution in [2.24, 2.45) is 0 Å². The molecular weight excluding hydrogens is 305 g/mol. The third-order valence-corrected chi connectivity index (χ3v) is 4.72. The molecule has 1 aliphatic heterocycles. The second kappa shape index (κ2) is 5.91. The molecule has 2 heterocycles. The number of nitrogen functional groups attached to an aromatic ring is 1. The van der Waals surface area contributed by atoms with Crippen LogP contribution < -0.4 is 11.1 Å². The Labute approximate surface area is 142 Å². The number of fused-ring (bicyclic) bond motifs is 1. The van der Waals surface area contributed by atoms with Gasteiger partial charge in [0.1, 0.15) is 5.52 Å². The number of benzene rings is 1. The fourth-order valence-electron chi connectivity index (χ4n) is 2.67. The van der Waals surface area contributed by atoms with Crippen LogP contribution >= 0.6 is 0 Å². The maximum Gasteiger partial charge on any atom is 0.491 e. The molecule has 1 aromatic heterocycles. The number of nitrogens with two attached hydrogens (primary N) is 1. The fraction of sp³-hybridized carbons (Fsp3) is 0.471. The zero-order valence-corrected chi connectivity index (χ0v) is 14.8. The summed E-state index contributed by atoms with van der Waals surface area (Å²) in [5, 5.41) is 3.18. The maximum absolute atomic E-state index is 6.16. The van der Waals surface area contributed by atoms with Crippen LogP contribution in [0.2, 0.25) is 0 Å². The lowest BCUT2D eigenvalue weighted by Gasteiger charge is -2.32. The van der Waals surface area contributed by atoms with Crippen molar-refractivity contribution in [3.8, 4) is 0 Å². The molecule has 1 saturated heterocycles. The van der Waals surface area contributed by atoms with Crippen molar-refractivity contribution in [1.29, 1.82) is 0 Å². The first-order chi connectivity index (χ1) is 11.2. The van der Waals surface area contributed by atoms with Crippen molar-refractivity contribution < 1.29 is 13.7 Å². The normalized spacial score (nSPS) is 20.0. The predicted octanol–water partition coefficient (Wildman–Crippen LogP) is 2.64. The lowest BCUT2D eigenvalue weighted by atomic mass is 9.77. The minimum Gasteiger partial charge on any atom is -0.424 e. The van der Waals surface area contributed by atoms with E-state index in [9.17, 15) is 0 Å². The molecule has 1 fully saturated rings. The summed E-state index contributed by atoms with van der Waals surface area (Å²) in [4.78, 5) is 4.17. The van der Waals surface area contributed by atoms with E-state index in [1.807, 2.05) is 52.9 Å². The van der Waals surface area contributed by atoms with E-state index in [1.54, 1.807) is 0 Å². The van der Waals surface area contributed by atoms with Gasteiger partial charge in [0.2, 0.25) is 0 Å². The molecule has 6 nitrogen and oxygen atoms in total. The quantitative estimate of drug-likeness (QED) is 0.839. The van der Waals surface area contributed by atoms with Gasteiger partial charge < -0.3 is 24.8 Å². The molecule has 1 aromatic carbocycles. The molecule has 0 saturated carbocycles. The molecule has 0 amide bonds. The number of nitrogens with zero attached hydrogens (tertiary/aromatic N) is 1. The number of likely N-dealkylation sites (N-methyl/N-ethyl adjacent to an activating group) is 1. The van der Waals surface area contributed by atoms with Crippen LogP contribution in [0.25, 0.3) is 17.2 Å². The van der Waals surface area contributed by atoms with Crippen LogP contribution in [0.5, 0.6) is 0 Å². The zero-order chi connectivity index (χ0) is 17.5. The topological polar surface area (TPSA) is 82.5 Å². The Bertz CT molecular complexity index is 766. The van der Waals surface area contributed by atoms with Gasteiger partial charge in [0, 0.05) is 6.54 Å². The molecule has 7 heteroatoms. The Morgan fingerprint density at radius 1 is 1.25 bits per heavy atom. The van der Waals surface area contributed by atoms with Gasteiger partial charge in [-0.1, -0.05) is 12.1 Å². The Balaban J connectivity index is 1.93. The highest BCUT2D eigenvalue weighted by molar-refractivity contribution is 6.55. The number of oxazole rings is 1. The lowest BCUT2D eigenvalue weighted by Crippen LogP contribution is -2.41. The molecule has 24 heavy (non-hydrogen) atoms. The third kappa shape index (κ3) is 3.07. The number of nitrogens with one attached hydrogen (secondary N) is 1. The molecule has 0 aliphatic carbocycles. The third-order valence-electron chi connectivity index (χ3n) is 4.72. The lowest BCUT2D eigenvalue weighted by molar-refractivity contribution is 0.00578. The van der Waals surface area contributed by atoms with Gasteiger partial charge in [0.15, 0.2) is 5.58 Å². The van der Waals surface area contributed by atoms with Crippen LogP contribution in [0.1, 0.15) is 33.3 Å². The van der Waals surface area contributed by atoms with E-state index in [1.165, 1.54) is 0 Å². The van der Waals surface area contributed by atoms with Gasteiger partial charge in [-0.15, -0.1) is 0 Å². The second-order valence-corrected chi connectivity index (χ2v) is 7.12. The van der Waals surface area contributed by atoms with Crippen molar-refractivity contribution in [1.82, 2.24) is 10.3 Å². The second-order valence-electron chi connectivity index (χ2n) is 7.12. The van der Waals surface area contributed by atoms with E-state index in [0.29, 0.717) is 12.1 Å². The van der Waals surface area contributed by atoms with Crippen LogP contribution in [0.4, 0.5) is 6.01 Å². The summed E-state index contributed by atoms with van der Waals surface area (Å²) >= 11 is 0. The van der Waals surface area contributed by atoms with Crippen molar-refractivity contribution >= 4 is 30.3 Å². The summed E-state index contributed by atoms with van der Waals surface area (Å²) in [7, 11) is 1.51. The van der Waals surface area contributed by atoms with Gasteiger partial charge in [0.05, 0.1) is 11.2 Å². The average Bonchev–Trinajstić information content (AvgIpc) is 2.94. The number of anilines is 1. The Hall–Kier alpha value is -1.83. The fourth-order valence-corrected chi connectivity index (χ4v) is 2.67. The smallest absolute Gasteiger partial charge is 0.424 e. The van der Waals surface area contributed by atoms with Gasteiger partial charge >= 0.3 is 7.12 Å². The minimum absolute atomic E-state index is 0.174. The van der Waals surface area contributed by atoms with Crippen molar-refractivity contribution in [2.75, 3.05) is 19.3 Å². The average molecular weight is 329 g/mol. The Kier molecular flexibility index (Phi) is 4.19. The van der Waals surface area contributed by atoms with Gasteiger partial charge in [-0.2, -0.15) is 4.98 Å². The van der Waals surface area contributed by atoms with E-state index in [4.69, 9.17) is 19.5 Å². The largest absolute Gasteiger partial charge is 0.491 e. The van der Waals surface area contributed by atoms with Crippen LogP contribution in [-0.4, -0.2) is 36.9 Å². The summed E-state index contributed by atoms with van der Waals surface area (Å²) in [6.45, 7) is 8.86. The summed E-state index contributed by atoms with van der Waals surface area (Å²) in [6, 6.07) is 5.95. The zero-order valence-electron chi connectivity index (χ0n) is 14.8. The molecule has 0 spiro atoms.